The molecule has 2 rings (SSSR count). The van der Waals surface area contributed by atoms with Gasteiger partial charge >= 0.3 is 0 Å². The molecular weight excluding hydrogens is 266 g/mol. The summed E-state index contributed by atoms with van der Waals surface area (Å²) in [4.78, 5) is 0.222. The summed E-state index contributed by atoms with van der Waals surface area (Å²) in [6.07, 6.45) is 1.89. The molecule has 0 spiro atoms. The van der Waals surface area contributed by atoms with E-state index in [0.717, 1.165) is 19.4 Å². The average molecular weight is 287 g/mol. The van der Waals surface area contributed by atoms with Crippen LogP contribution < -0.4 is 5.32 Å². The van der Waals surface area contributed by atoms with Crippen LogP contribution in [-0.4, -0.2) is 43.6 Å². The molecular formula is C12H21N3O3S. The number of rotatable bonds is 4. The van der Waals surface area contributed by atoms with Crippen LogP contribution in [0.5, 0.6) is 0 Å². The van der Waals surface area contributed by atoms with Gasteiger partial charge < -0.3 is 9.84 Å². The molecule has 0 bridgehead atoms. The zero-order valence-electron chi connectivity index (χ0n) is 11.6. The summed E-state index contributed by atoms with van der Waals surface area (Å²) in [5.74, 6) is 0.361. The number of likely N-dealkylation sites (N-methyl/N-ethyl adjacent to an activating group) is 1. The van der Waals surface area contributed by atoms with Gasteiger partial charge in [-0.05, 0) is 33.2 Å². The van der Waals surface area contributed by atoms with Gasteiger partial charge in [0.05, 0.1) is 0 Å². The molecule has 1 N–H and O–H groups in total. The standard InChI is InChI=1S/C12H21N3O3S/c1-4-15(11-6-5-7-13-8-11)19(16,17)12-9(2)14-18-10(12)3/h11,13H,4-8H2,1-3H3. The minimum Gasteiger partial charge on any atom is -0.360 e. The van der Waals surface area contributed by atoms with E-state index in [0.29, 0.717) is 24.5 Å². The fourth-order valence-corrected chi connectivity index (χ4v) is 4.62. The second-order valence-electron chi connectivity index (χ2n) is 4.86. The molecule has 2 heterocycles. The van der Waals surface area contributed by atoms with Crippen molar-refractivity contribution in [1.29, 1.82) is 0 Å². The van der Waals surface area contributed by atoms with E-state index >= 15 is 0 Å². The number of hydrogen-bond acceptors (Lipinski definition) is 5. The number of piperidine rings is 1. The fraction of sp³-hybridized carbons (Fsp3) is 0.750. The van der Waals surface area contributed by atoms with Crippen molar-refractivity contribution in [2.75, 3.05) is 19.6 Å². The van der Waals surface area contributed by atoms with Gasteiger partial charge in [0.15, 0.2) is 5.76 Å². The first kappa shape index (κ1) is 14.5. The molecule has 19 heavy (non-hydrogen) atoms. The Bertz CT molecular complexity index is 513. The van der Waals surface area contributed by atoms with Crippen LogP contribution in [0.4, 0.5) is 0 Å². The van der Waals surface area contributed by atoms with E-state index in [1.807, 2.05) is 6.92 Å². The van der Waals surface area contributed by atoms with E-state index in [-0.39, 0.29) is 10.9 Å². The van der Waals surface area contributed by atoms with Gasteiger partial charge in [-0.2, -0.15) is 4.31 Å². The molecule has 1 atom stereocenters. The molecule has 1 saturated heterocycles. The van der Waals surface area contributed by atoms with Gasteiger partial charge in [0.2, 0.25) is 10.0 Å². The highest BCUT2D eigenvalue weighted by atomic mass is 32.2. The van der Waals surface area contributed by atoms with Crippen molar-refractivity contribution >= 4 is 10.0 Å². The third kappa shape index (κ3) is 2.68. The van der Waals surface area contributed by atoms with Crippen LogP contribution in [0.3, 0.4) is 0 Å². The highest BCUT2D eigenvalue weighted by molar-refractivity contribution is 7.89. The number of sulfonamides is 1. The predicted molar refractivity (Wildman–Crippen MR) is 71.4 cm³/mol. The summed E-state index contributed by atoms with van der Waals surface area (Å²) in [6.45, 7) is 7.29. The van der Waals surface area contributed by atoms with Crippen molar-refractivity contribution in [2.24, 2.45) is 0 Å². The Balaban J connectivity index is 2.36. The van der Waals surface area contributed by atoms with Gasteiger partial charge in [-0.3, -0.25) is 0 Å². The Hall–Kier alpha value is -0.920. The SMILES string of the molecule is CCN(C1CCCNC1)S(=O)(=O)c1c(C)noc1C. The second kappa shape index (κ2) is 5.60. The van der Waals surface area contributed by atoms with Crippen LogP contribution in [0, 0.1) is 13.8 Å². The number of hydrogen-bond donors (Lipinski definition) is 1. The van der Waals surface area contributed by atoms with Crippen molar-refractivity contribution in [2.45, 2.75) is 44.6 Å². The maximum Gasteiger partial charge on any atom is 0.248 e. The molecule has 7 heteroatoms. The molecule has 0 radical (unpaired) electrons. The summed E-state index contributed by atoms with van der Waals surface area (Å²) in [5, 5.41) is 7.00. The van der Waals surface area contributed by atoms with E-state index in [2.05, 4.69) is 10.5 Å². The van der Waals surface area contributed by atoms with Crippen molar-refractivity contribution < 1.29 is 12.9 Å². The smallest absolute Gasteiger partial charge is 0.248 e. The lowest BCUT2D eigenvalue weighted by molar-refractivity contribution is 0.274. The highest BCUT2D eigenvalue weighted by Crippen LogP contribution is 2.26. The number of aromatic nitrogens is 1. The minimum absolute atomic E-state index is 0.0115. The second-order valence-corrected chi connectivity index (χ2v) is 6.69. The Kier molecular flexibility index (Phi) is 4.27. The zero-order chi connectivity index (χ0) is 14.0. The summed E-state index contributed by atoms with van der Waals surface area (Å²) in [5.41, 5.74) is 0.430. The Morgan fingerprint density at radius 3 is 2.68 bits per heavy atom. The van der Waals surface area contributed by atoms with Gasteiger partial charge in [0.25, 0.3) is 0 Å². The number of nitrogens with one attached hydrogen (secondary N) is 1. The van der Waals surface area contributed by atoms with Crippen molar-refractivity contribution in [3.05, 3.63) is 11.5 Å². The van der Waals surface area contributed by atoms with Crippen LogP contribution in [0.15, 0.2) is 9.42 Å². The lowest BCUT2D eigenvalue weighted by atomic mass is 10.1. The summed E-state index contributed by atoms with van der Waals surface area (Å²) in [6, 6.07) is 0.0115. The van der Waals surface area contributed by atoms with Crippen molar-refractivity contribution in [3.63, 3.8) is 0 Å². The number of aryl methyl sites for hydroxylation is 2. The monoisotopic (exact) mass is 287 g/mol. The van der Waals surface area contributed by atoms with E-state index in [9.17, 15) is 8.42 Å². The lowest BCUT2D eigenvalue weighted by Gasteiger charge is -2.32. The topological polar surface area (TPSA) is 75.4 Å². The number of nitrogens with zero attached hydrogens (tertiary/aromatic N) is 2. The first-order valence-electron chi connectivity index (χ1n) is 6.64. The van der Waals surface area contributed by atoms with Crippen LogP contribution in [-0.2, 0) is 10.0 Å². The first-order chi connectivity index (χ1) is 8.98. The Labute approximate surface area is 114 Å². The van der Waals surface area contributed by atoms with Gasteiger partial charge in [0.1, 0.15) is 10.6 Å². The lowest BCUT2D eigenvalue weighted by Crippen LogP contribution is -2.48. The van der Waals surface area contributed by atoms with Gasteiger partial charge in [-0.15, -0.1) is 0 Å². The third-order valence-electron chi connectivity index (χ3n) is 3.52. The van der Waals surface area contributed by atoms with E-state index in [4.69, 9.17) is 4.52 Å². The molecule has 0 amide bonds. The maximum absolute atomic E-state index is 12.8. The summed E-state index contributed by atoms with van der Waals surface area (Å²) < 4.78 is 32.1. The van der Waals surface area contributed by atoms with Crippen LogP contribution in [0.1, 0.15) is 31.2 Å². The maximum atomic E-state index is 12.8. The molecule has 1 aliphatic heterocycles. The molecule has 108 valence electrons. The third-order valence-corrected chi connectivity index (χ3v) is 5.80. The molecule has 1 fully saturated rings. The summed E-state index contributed by atoms with van der Waals surface area (Å²) in [7, 11) is -3.53. The van der Waals surface area contributed by atoms with E-state index in [1.165, 1.54) is 0 Å². The van der Waals surface area contributed by atoms with Gasteiger partial charge in [-0.25, -0.2) is 8.42 Å². The van der Waals surface area contributed by atoms with Gasteiger partial charge in [0, 0.05) is 19.1 Å². The molecule has 0 aliphatic carbocycles. The normalized spacial score (nSPS) is 20.9. The summed E-state index contributed by atoms with van der Waals surface area (Å²) >= 11 is 0. The quantitative estimate of drug-likeness (QED) is 0.896. The molecule has 6 nitrogen and oxygen atoms in total. The zero-order valence-corrected chi connectivity index (χ0v) is 12.5. The first-order valence-corrected chi connectivity index (χ1v) is 8.08. The van der Waals surface area contributed by atoms with E-state index < -0.39 is 10.0 Å². The van der Waals surface area contributed by atoms with Crippen molar-refractivity contribution in [1.82, 2.24) is 14.8 Å². The molecule has 1 aromatic rings. The highest BCUT2D eigenvalue weighted by Gasteiger charge is 2.35. The van der Waals surface area contributed by atoms with Crippen LogP contribution in [0.25, 0.3) is 0 Å². The molecule has 1 unspecified atom stereocenters. The molecule has 0 aromatic carbocycles. The molecule has 0 saturated carbocycles. The van der Waals surface area contributed by atoms with Crippen LogP contribution >= 0.6 is 0 Å². The predicted octanol–water partition coefficient (Wildman–Crippen LogP) is 1.05. The fourth-order valence-electron chi connectivity index (χ4n) is 2.66. The largest absolute Gasteiger partial charge is 0.360 e. The van der Waals surface area contributed by atoms with Crippen molar-refractivity contribution in [3.8, 4) is 0 Å². The Morgan fingerprint density at radius 1 is 1.47 bits per heavy atom. The van der Waals surface area contributed by atoms with Crippen LogP contribution in [0.2, 0.25) is 0 Å². The molecule has 1 aromatic heterocycles. The average Bonchev–Trinajstić information content (AvgIpc) is 2.71. The Morgan fingerprint density at radius 2 is 2.21 bits per heavy atom. The van der Waals surface area contributed by atoms with Gasteiger partial charge in [-0.1, -0.05) is 12.1 Å². The minimum atomic E-state index is -3.53. The molecule has 1 aliphatic rings. The van der Waals surface area contributed by atoms with E-state index in [1.54, 1.807) is 18.2 Å².